The number of hydrogen-bond donors (Lipinski definition) is 8. The van der Waals surface area contributed by atoms with Gasteiger partial charge in [-0.3, -0.25) is 19.2 Å². The third-order valence-corrected chi connectivity index (χ3v) is 10.6. The molecule has 2 heterocycles. The Labute approximate surface area is 408 Å². The summed E-state index contributed by atoms with van der Waals surface area (Å²) in [7, 11) is 0. The summed E-state index contributed by atoms with van der Waals surface area (Å²) in [5.41, 5.74) is 3.60. The van der Waals surface area contributed by atoms with Gasteiger partial charge in [0.05, 0.1) is 105 Å². The average Bonchev–Trinajstić information content (AvgIpc) is 3.40. The van der Waals surface area contributed by atoms with Gasteiger partial charge in [-0.25, -0.2) is 0 Å². The van der Waals surface area contributed by atoms with Crippen LogP contribution in [0.15, 0.2) is 48.5 Å². The lowest BCUT2D eigenvalue weighted by Crippen LogP contribution is -2.54. The van der Waals surface area contributed by atoms with Crippen molar-refractivity contribution in [3.05, 3.63) is 65.5 Å². The molecule has 1 aromatic heterocycles. The number of aryl methyl sites for hydroxylation is 1. The van der Waals surface area contributed by atoms with Crippen molar-refractivity contribution < 1.29 is 67.7 Å². The molecule has 8 N–H and O–H groups in total. The van der Waals surface area contributed by atoms with Crippen molar-refractivity contribution in [2.45, 2.75) is 76.2 Å². The van der Waals surface area contributed by atoms with Gasteiger partial charge >= 0.3 is 17.9 Å². The van der Waals surface area contributed by atoms with Gasteiger partial charge in [0.2, 0.25) is 11.7 Å². The predicted octanol–water partition coefficient (Wildman–Crippen LogP) is 1.09. The quantitative estimate of drug-likeness (QED) is 0.0375. The maximum atomic E-state index is 12.2. The summed E-state index contributed by atoms with van der Waals surface area (Å²) in [6.45, 7) is 9.38. The molecule has 4 unspecified atom stereocenters. The molecule has 0 saturated carbocycles. The number of amides is 1. The highest BCUT2D eigenvalue weighted by Crippen LogP contribution is 2.17. The summed E-state index contributed by atoms with van der Waals surface area (Å²) in [5, 5.41) is 60.3. The van der Waals surface area contributed by atoms with E-state index in [2.05, 4.69) is 47.0 Å². The molecule has 2 aromatic carbocycles. The number of benzene rings is 2. The number of carboxylic acid groups (broad SMARTS) is 3. The molecular formula is C47H71N9O14. The third kappa shape index (κ3) is 26.0. The SMILES string of the molecule is Cc1nnc(-c2ccc(CNC(=O)CCOCCOCCOCCOCCOCCOCCOCCCNc3ccc(CC4NC(CC(=O)O)CNC(CC(=O)O)CNC4CC(=O)O)cc3)cc2)nn1. The van der Waals surface area contributed by atoms with Gasteiger partial charge in [-0.2, -0.15) is 0 Å². The summed E-state index contributed by atoms with van der Waals surface area (Å²) in [6.07, 6.45) is 0.865. The fraction of sp³-hybridized carbons (Fsp3) is 0.617. The first-order chi connectivity index (χ1) is 34.0. The van der Waals surface area contributed by atoms with Crippen LogP contribution in [0.25, 0.3) is 11.4 Å². The average molecular weight is 986 g/mol. The van der Waals surface area contributed by atoms with E-state index in [1.54, 1.807) is 6.92 Å². The lowest BCUT2D eigenvalue weighted by Gasteiger charge is -2.30. The Morgan fingerprint density at radius 1 is 0.571 bits per heavy atom. The zero-order chi connectivity index (χ0) is 50.0. The van der Waals surface area contributed by atoms with E-state index in [0.717, 1.165) is 28.8 Å². The maximum Gasteiger partial charge on any atom is 0.304 e. The fourth-order valence-electron chi connectivity index (χ4n) is 7.06. The van der Waals surface area contributed by atoms with Crippen molar-refractivity contribution in [2.75, 3.05) is 117 Å². The van der Waals surface area contributed by atoms with Crippen molar-refractivity contribution in [3.63, 3.8) is 0 Å². The van der Waals surface area contributed by atoms with Gasteiger partial charge in [0.15, 0.2) is 5.82 Å². The zero-order valence-corrected chi connectivity index (χ0v) is 40.0. The number of carbonyl (C=O) groups excluding carboxylic acids is 1. The van der Waals surface area contributed by atoms with Gasteiger partial charge < -0.3 is 75.1 Å². The first-order valence-electron chi connectivity index (χ1n) is 23.7. The van der Waals surface area contributed by atoms with Gasteiger partial charge in [0.25, 0.3) is 0 Å². The summed E-state index contributed by atoms with van der Waals surface area (Å²) in [5.74, 6) is -2.17. The number of hydrogen-bond acceptors (Lipinski definition) is 19. The minimum absolute atomic E-state index is 0.102. The van der Waals surface area contributed by atoms with E-state index in [9.17, 15) is 34.5 Å². The van der Waals surface area contributed by atoms with E-state index in [-0.39, 0.29) is 44.7 Å². The number of nitrogens with one attached hydrogen (secondary N) is 5. The first-order valence-corrected chi connectivity index (χ1v) is 23.7. The third-order valence-electron chi connectivity index (χ3n) is 10.6. The minimum Gasteiger partial charge on any atom is -0.481 e. The topological polar surface area (TPSA) is 305 Å². The fourth-order valence-corrected chi connectivity index (χ4v) is 7.06. The number of rotatable bonds is 37. The Bertz CT molecular complexity index is 1920. The Morgan fingerprint density at radius 2 is 1.06 bits per heavy atom. The van der Waals surface area contributed by atoms with Crippen molar-refractivity contribution in [2.24, 2.45) is 0 Å². The van der Waals surface area contributed by atoms with Crippen molar-refractivity contribution in [1.82, 2.24) is 41.7 Å². The predicted molar refractivity (Wildman–Crippen MR) is 254 cm³/mol. The molecule has 23 nitrogen and oxygen atoms in total. The van der Waals surface area contributed by atoms with Crippen LogP contribution in [0.4, 0.5) is 5.69 Å². The number of aliphatic carboxylic acids is 3. The largest absolute Gasteiger partial charge is 0.481 e. The molecule has 70 heavy (non-hydrogen) atoms. The summed E-state index contributed by atoms with van der Waals surface area (Å²) < 4.78 is 38.8. The number of aromatic nitrogens is 4. The van der Waals surface area contributed by atoms with Crippen LogP contribution in [-0.4, -0.2) is 196 Å². The van der Waals surface area contributed by atoms with Crippen LogP contribution in [0.1, 0.15) is 49.1 Å². The molecule has 0 spiro atoms. The molecule has 1 amide bonds. The van der Waals surface area contributed by atoms with Crippen LogP contribution in [0.5, 0.6) is 0 Å². The Hall–Kier alpha value is -5.34. The Kier molecular flexibility index (Phi) is 28.5. The molecular weight excluding hydrogens is 915 g/mol. The number of nitrogens with zero attached hydrogens (tertiary/aromatic N) is 4. The molecule has 1 fully saturated rings. The molecule has 1 saturated heterocycles. The Balaban J connectivity index is 0.894. The summed E-state index contributed by atoms with van der Waals surface area (Å²) in [6, 6.07) is 13.3. The molecule has 3 aromatic rings. The van der Waals surface area contributed by atoms with Crippen molar-refractivity contribution in [1.29, 1.82) is 0 Å². The van der Waals surface area contributed by atoms with E-state index < -0.39 is 42.1 Å². The van der Waals surface area contributed by atoms with Gasteiger partial charge in [0, 0.05) is 74.6 Å². The maximum absolute atomic E-state index is 12.2. The van der Waals surface area contributed by atoms with Gasteiger partial charge in [-0.05, 0) is 43.0 Å². The van der Waals surface area contributed by atoms with Crippen molar-refractivity contribution in [3.8, 4) is 11.4 Å². The molecule has 1 aliphatic rings. The number of anilines is 1. The number of carbonyl (C=O) groups is 4. The number of carboxylic acids is 3. The standard InChI is InChI=1S/C47H71N9O14/c1-34-53-55-47(56-54-34)37-7-3-36(4-8-37)31-51-43(57)11-14-65-16-18-67-20-22-69-24-26-70-25-23-68-21-19-66-17-15-64-13-2-12-48-38-9-5-35(6-10-38)27-42-41(30-46(62)63)50-32-39(28-44(58)59)49-33-40(52-42)29-45(60)61/h3-10,39-42,48-50,52H,2,11-33H2,1H3,(H,51,57)(H,58,59)(H,60,61)(H,62,63). The molecule has 0 radical (unpaired) electrons. The monoisotopic (exact) mass is 986 g/mol. The molecule has 4 atom stereocenters. The number of ether oxygens (including phenoxy) is 7. The normalized spacial score (nSPS) is 17.3. The lowest BCUT2D eigenvalue weighted by atomic mass is 9.95. The van der Waals surface area contributed by atoms with Crippen LogP contribution < -0.4 is 26.6 Å². The second kappa shape index (κ2) is 34.9. The van der Waals surface area contributed by atoms with Crippen LogP contribution in [0.2, 0.25) is 0 Å². The van der Waals surface area contributed by atoms with Crippen LogP contribution >= 0.6 is 0 Å². The van der Waals surface area contributed by atoms with E-state index in [0.29, 0.717) is 124 Å². The summed E-state index contributed by atoms with van der Waals surface area (Å²) in [4.78, 5) is 46.9. The van der Waals surface area contributed by atoms with Gasteiger partial charge in [-0.1, -0.05) is 36.4 Å². The van der Waals surface area contributed by atoms with E-state index in [1.807, 2.05) is 48.5 Å². The highest BCUT2D eigenvalue weighted by atomic mass is 16.6. The molecule has 1 aliphatic heterocycles. The smallest absolute Gasteiger partial charge is 0.304 e. The molecule has 0 aliphatic carbocycles. The van der Waals surface area contributed by atoms with Crippen LogP contribution in [0, 0.1) is 6.92 Å². The minimum atomic E-state index is -1.01. The van der Waals surface area contributed by atoms with E-state index in [1.165, 1.54) is 0 Å². The second-order valence-electron chi connectivity index (χ2n) is 16.3. The summed E-state index contributed by atoms with van der Waals surface area (Å²) >= 11 is 0. The van der Waals surface area contributed by atoms with Crippen molar-refractivity contribution >= 4 is 29.5 Å². The van der Waals surface area contributed by atoms with Crippen LogP contribution in [-0.2, 0) is 65.3 Å². The highest BCUT2D eigenvalue weighted by Gasteiger charge is 2.30. The first kappa shape index (κ1) is 57.2. The lowest BCUT2D eigenvalue weighted by molar-refractivity contribution is -0.139. The molecule has 4 rings (SSSR count). The second-order valence-corrected chi connectivity index (χ2v) is 16.3. The molecule has 23 heteroatoms. The molecule has 388 valence electrons. The highest BCUT2D eigenvalue weighted by molar-refractivity contribution is 5.76. The Morgan fingerprint density at radius 3 is 1.60 bits per heavy atom. The zero-order valence-electron chi connectivity index (χ0n) is 40.0. The molecule has 0 bridgehead atoms. The van der Waals surface area contributed by atoms with Crippen LogP contribution in [0.3, 0.4) is 0 Å². The van der Waals surface area contributed by atoms with Gasteiger partial charge in [-0.15, -0.1) is 20.4 Å². The van der Waals surface area contributed by atoms with E-state index >= 15 is 0 Å². The van der Waals surface area contributed by atoms with Gasteiger partial charge in [0.1, 0.15) is 0 Å². The van der Waals surface area contributed by atoms with E-state index in [4.69, 9.17) is 33.2 Å².